The van der Waals surface area contributed by atoms with Crippen molar-refractivity contribution in [1.82, 2.24) is 19.9 Å². The summed E-state index contributed by atoms with van der Waals surface area (Å²) in [5.41, 5.74) is 6.45. The first-order valence-corrected chi connectivity index (χ1v) is 12.4. The number of nitrogens with zero attached hydrogens (tertiary/aromatic N) is 5. The van der Waals surface area contributed by atoms with E-state index in [4.69, 9.17) is 0 Å². The molecule has 1 aliphatic heterocycles. The van der Waals surface area contributed by atoms with Gasteiger partial charge in [0.25, 0.3) is 0 Å². The maximum atomic E-state index is 13.0. The zero-order valence-corrected chi connectivity index (χ0v) is 19.7. The highest BCUT2D eigenvalue weighted by molar-refractivity contribution is 7.19. The van der Waals surface area contributed by atoms with E-state index in [1.165, 1.54) is 16.0 Å². The Bertz CT molecular complexity index is 1430. The number of rotatable bonds is 6. The first kappa shape index (κ1) is 21.0. The number of carbonyl (C=O) groups excluding carboxylic acids is 1. The fraction of sp³-hybridized carbons (Fsp3) is 0.308. The first-order chi connectivity index (χ1) is 16.6. The second-order valence-electron chi connectivity index (χ2n) is 8.97. The van der Waals surface area contributed by atoms with Gasteiger partial charge in [-0.15, -0.1) is 11.3 Å². The third-order valence-electron chi connectivity index (χ3n) is 6.66. The van der Waals surface area contributed by atoms with E-state index in [1.807, 2.05) is 13.1 Å². The van der Waals surface area contributed by atoms with Gasteiger partial charge in [0, 0.05) is 41.5 Å². The number of fused-ring (bicyclic) bond motifs is 4. The van der Waals surface area contributed by atoms with E-state index in [2.05, 4.69) is 48.4 Å². The Hall–Kier alpha value is -3.52. The largest absolute Gasteiger partial charge is 0.340 e. The lowest BCUT2D eigenvalue weighted by atomic mass is 9.84. The number of anilines is 2. The van der Waals surface area contributed by atoms with Crippen LogP contribution in [-0.2, 0) is 30.6 Å². The van der Waals surface area contributed by atoms with Crippen LogP contribution in [0.15, 0.2) is 41.9 Å². The summed E-state index contributed by atoms with van der Waals surface area (Å²) in [5.74, 6) is 1.20. The molecule has 1 N–H and O–H groups in total. The number of Topliss-reactive ketones (excluding diaryl/α,β-unsaturated/α-hetero) is 1. The summed E-state index contributed by atoms with van der Waals surface area (Å²) in [6.45, 7) is 2.67. The number of aryl methyl sites for hydroxylation is 3. The number of aromatic nitrogens is 4. The number of ketones is 1. The van der Waals surface area contributed by atoms with Crippen LogP contribution in [0.4, 0.5) is 11.5 Å². The second-order valence-corrected chi connectivity index (χ2v) is 10.1. The molecule has 4 aromatic rings. The molecular formula is C26H24N6OS. The van der Waals surface area contributed by atoms with Crippen molar-refractivity contribution in [3.8, 4) is 0 Å². The van der Waals surface area contributed by atoms with Gasteiger partial charge in [0.15, 0.2) is 0 Å². The van der Waals surface area contributed by atoms with E-state index in [9.17, 15) is 4.79 Å². The molecule has 3 aromatic heterocycles. The molecule has 0 radical (unpaired) electrons. The minimum atomic E-state index is 0.0549. The Morgan fingerprint density at radius 3 is 3.00 bits per heavy atom. The standard InChI is InChI=1S/C26H24N6OS/c1-15-10-29-20(13-28-15)5-7-22(33)16-3-6-21-23(9-16)34-26-24(21)25(30-14-31-26)32-19-4-2-17-11-27-12-18(17)8-19/h2,4,8,10,12-14,16H,3,5-7,9,11H2,1H3,(H,30,31,32). The second kappa shape index (κ2) is 8.68. The van der Waals surface area contributed by atoms with Gasteiger partial charge in [0.2, 0.25) is 0 Å². The summed E-state index contributed by atoms with van der Waals surface area (Å²) >= 11 is 1.69. The summed E-state index contributed by atoms with van der Waals surface area (Å²) < 4.78 is 0. The van der Waals surface area contributed by atoms with Crippen LogP contribution in [0.2, 0.25) is 0 Å². The smallest absolute Gasteiger partial charge is 0.142 e. The number of hydrogen-bond donors (Lipinski definition) is 1. The summed E-state index contributed by atoms with van der Waals surface area (Å²) in [6.07, 6.45) is 10.7. The lowest BCUT2D eigenvalue weighted by Crippen LogP contribution is -2.22. The lowest BCUT2D eigenvalue weighted by molar-refractivity contribution is -0.123. The van der Waals surface area contributed by atoms with Crippen LogP contribution >= 0.6 is 11.3 Å². The van der Waals surface area contributed by atoms with Crippen LogP contribution in [0.1, 0.15) is 45.8 Å². The molecule has 0 spiro atoms. The van der Waals surface area contributed by atoms with E-state index < -0.39 is 0 Å². The lowest BCUT2D eigenvalue weighted by Gasteiger charge is -2.21. The first-order valence-electron chi connectivity index (χ1n) is 11.6. The van der Waals surface area contributed by atoms with Crippen molar-refractivity contribution in [1.29, 1.82) is 0 Å². The van der Waals surface area contributed by atoms with Gasteiger partial charge in [-0.2, -0.15) is 0 Å². The molecule has 0 saturated heterocycles. The Morgan fingerprint density at radius 1 is 1.18 bits per heavy atom. The molecule has 7 nitrogen and oxygen atoms in total. The Kier molecular flexibility index (Phi) is 5.37. The van der Waals surface area contributed by atoms with Gasteiger partial charge in [0.05, 0.1) is 23.3 Å². The fourth-order valence-corrected chi connectivity index (χ4v) is 6.07. The quantitative estimate of drug-likeness (QED) is 0.438. The zero-order chi connectivity index (χ0) is 23.1. The molecule has 1 unspecified atom stereocenters. The molecule has 2 aliphatic rings. The molecule has 8 heteroatoms. The zero-order valence-electron chi connectivity index (χ0n) is 18.9. The number of benzene rings is 1. The normalized spacial score (nSPS) is 16.4. The maximum absolute atomic E-state index is 13.0. The van der Waals surface area contributed by atoms with Crippen molar-refractivity contribution in [2.24, 2.45) is 10.9 Å². The highest BCUT2D eigenvalue weighted by atomic mass is 32.1. The van der Waals surface area contributed by atoms with Crippen molar-refractivity contribution in [2.75, 3.05) is 5.32 Å². The molecule has 0 fully saturated rings. The third-order valence-corrected chi connectivity index (χ3v) is 7.83. The highest BCUT2D eigenvalue weighted by Gasteiger charge is 2.29. The van der Waals surface area contributed by atoms with E-state index in [-0.39, 0.29) is 5.92 Å². The van der Waals surface area contributed by atoms with Crippen LogP contribution < -0.4 is 5.32 Å². The number of hydrogen-bond acceptors (Lipinski definition) is 8. The molecule has 6 rings (SSSR count). The molecule has 0 amide bonds. The van der Waals surface area contributed by atoms with Crippen molar-refractivity contribution in [3.63, 3.8) is 0 Å². The van der Waals surface area contributed by atoms with Crippen LogP contribution in [0.5, 0.6) is 0 Å². The number of nitrogens with one attached hydrogen (secondary N) is 1. The molecule has 1 aromatic carbocycles. The van der Waals surface area contributed by atoms with E-state index in [0.717, 1.165) is 64.5 Å². The van der Waals surface area contributed by atoms with Gasteiger partial charge in [0.1, 0.15) is 22.8 Å². The molecular weight excluding hydrogens is 444 g/mol. The molecule has 34 heavy (non-hydrogen) atoms. The molecule has 4 heterocycles. The van der Waals surface area contributed by atoms with Gasteiger partial charge in [-0.05, 0) is 61.4 Å². The maximum Gasteiger partial charge on any atom is 0.142 e. The summed E-state index contributed by atoms with van der Waals surface area (Å²) in [6, 6.07) is 6.31. The van der Waals surface area contributed by atoms with Crippen LogP contribution in [-0.4, -0.2) is 31.9 Å². The van der Waals surface area contributed by atoms with Crippen molar-refractivity contribution >= 4 is 45.1 Å². The Morgan fingerprint density at radius 2 is 2.12 bits per heavy atom. The number of thiophene rings is 1. The third kappa shape index (κ3) is 3.98. The van der Waals surface area contributed by atoms with Gasteiger partial charge in [-0.25, -0.2) is 9.97 Å². The monoisotopic (exact) mass is 468 g/mol. The summed E-state index contributed by atoms with van der Waals surface area (Å²) in [4.78, 5) is 37.3. The van der Waals surface area contributed by atoms with Crippen molar-refractivity contribution in [2.45, 2.75) is 45.6 Å². The Labute approximate surface area is 201 Å². The average molecular weight is 469 g/mol. The minimum absolute atomic E-state index is 0.0549. The highest BCUT2D eigenvalue weighted by Crippen LogP contribution is 2.41. The van der Waals surface area contributed by atoms with Crippen molar-refractivity contribution < 1.29 is 4.79 Å². The van der Waals surface area contributed by atoms with Gasteiger partial charge < -0.3 is 5.32 Å². The molecule has 1 aliphatic carbocycles. The summed E-state index contributed by atoms with van der Waals surface area (Å²) in [5, 5.41) is 4.60. The Balaban J connectivity index is 1.20. The SMILES string of the molecule is Cc1cnc(CCC(=O)C2CCc3c(sc4ncnc(Nc5ccc6c(c5)C=NC6)c34)C2)cn1. The van der Waals surface area contributed by atoms with Crippen molar-refractivity contribution in [3.05, 3.63) is 69.9 Å². The number of aliphatic imine (C=N–C) groups is 1. The van der Waals surface area contributed by atoms with Crippen LogP contribution in [0.3, 0.4) is 0 Å². The van der Waals surface area contributed by atoms with Crippen LogP contribution in [0.25, 0.3) is 10.2 Å². The van der Waals surface area contributed by atoms with E-state index in [1.54, 1.807) is 30.1 Å². The topological polar surface area (TPSA) is 93.0 Å². The molecule has 1 atom stereocenters. The molecule has 0 bridgehead atoms. The minimum Gasteiger partial charge on any atom is -0.340 e. The molecule has 170 valence electrons. The predicted octanol–water partition coefficient (Wildman–Crippen LogP) is 4.77. The predicted molar refractivity (Wildman–Crippen MR) is 134 cm³/mol. The molecule has 0 saturated carbocycles. The van der Waals surface area contributed by atoms with Gasteiger partial charge >= 0.3 is 0 Å². The average Bonchev–Trinajstić information content (AvgIpc) is 3.47. The van der Waals surface area contributed by atoms with Crippen LogP contribution in [0, 0.1) is 12.8 Å². The van der Waals surface area contributed by atoms with Gasteiger partial charge in [-0.1, -0.05) is 6.07 Å². The number of carbonyl (C=O) groups is 1. The van der Waals surface area contributed by atoms with E-state index in [0.29, 0.717) is 18.6 Å². The fourth-order valence-electron chi connectivity index (χ4n) is 4.80. The van der Waals surface area contributed by atoms with Gasteiger partial charge in [-0.3, -0.25) is 19.8 Å². The summed E-state index contributed by atoms with van der Waals surface area (Å²) in [7, 11) is 0. The van der Waals surface area contributed by atoms with E-state index >= 15 is 0 Å².